The number of hydrogen-bond donors (Lipinski definition) is 0. The zero-order valence-corrected chi connectivity index (χ0v) is 7.62. The summed E-state index contributed by atoms with van der Waals surface area (Å²) >= 11 is 0. The van der Waals surface area contributed by atoms with E-state index in [9.17, 15) is 13.2 Å². The Morgan fingerprint density at radius 1 is 1.13 bits per heavy atom. The van der Waals surface area contributed by atoms with Crippen LogP contribution in [0.2, 0.25) is 0 Å². The topological polar surface area (TPSA) is 24.7 Å². The van der Waals surface area contributed by atoms with E-state index in [0.717, 1.165) is 5.56 Å². The second-order valence-electron chi connectivity index (χ2n) is 3.20. The van der Waals surface area contributed by atoms with Gasteiger partial charge in [-0.3, -0.25) is 0 Å². The van der Waals surface area contributed by atoms with Crippen LogP contribution in [0.5, 0.6) is 0 Å². The molecule has 1 aliphatic rings. The highest BCUT2D eigenvalue weighted by molar-refractivity contribution is 5.48. The molecule has 0 saturated heterocycles. The summed E-state index contributed by atoms with van der Waals surface area (Å²) in [6.45, 7) is 3.52. The van der Waals surface area contributed by atoms with Crippen LogP contribution >= 0.6 is 0 Å². The number of benzene rings is 1. The average Bonchev–Trinajstić information content (AvgIpc) is 2.98. The van der Waals surface area contributed by atoms with Crippen LogP contribution in [0.15, 0.2) is 41.1 Å². The molecule has 2 nitrogen and oxygen atoms in total. The van der Waals surface area contributed by atoms with E-state index in [1.807, 2.05) is 0 Å². The minimum absolute atomic E-state index is 0.0422. The van der Waals surface area contributed by atoms with Crippen LogP contribution in [-0.2, 0) is 5.66 Å². The summed E-state index contributed by atoms with van der Waals surface area (Å²) in [4.78, 5) is 0. The molecule has 15 heavy (non-hydrogen) atoms. The van der Waals surface area contributed by atoms with Crippen LogP contribution in [0, 0.1) is 0 Å². The van der Waals surface area contributed by atoms with Gasteiger partial charge in [-0.25, -0.2) is 0 Å². The first-order valence-electron chi connectivity index (χ1n) is 4.23. The first-order valence-corrected chi connectivity index (χ1v) is 4.23. The maximum Gasteiger partial charge on any atom is 0.442 e. The van der Waals surface area contributed by atoms with Crippen molar-refractivity contribution < 1.29 is 13.2 Å². The van der Waals surface area contributed by atoms with Crippen LogP contribution in [0.4, 0.5) is 13.2 Å². The molecular formula is C10H7F3N2. The van der Waals surface area contributed by atoms with Crippen molar-refractivity contribution >= 4 is 6.08 Å². The molecule has 0 spiro atoms. The Morgan fingerprint density at radius 3 is 2.00 bits per heavy atom. The van der Waals surface area contributed by atoms with E-state index in [-0.39, 0.29) is 5.56 Å². The monoisotopic (exact) mass is 212 g/mol. The Balaban J connectivity index is 2.35. The van der Waals surface area contributed by atoms with Gasteiger partial charge < -0.3 is 0 Å². The fraction of sp³-hybridized carbons (Fsp3) is 0.200. The second-order valence-corrected chi connectivity index (χ2v) is 3.20. The van der Waals surface area contributed by atoms with Crippen molar-refractivity contribution in [2.45, 2.75) is 11.8 Å². The number of hydrogen-bond acceptors (Lipinski definition) is 2. The third kappa shape index (κ3) is 1.44. The predicted molar refractivity (Wildman–Crippen MR) is 49.1 cm³/mol. The molecule has 0 aliphatic carbocycles. The molecule has 0 atom stereocenters. The number of rotatable bonds is 2. The summed E-state index contributed by atoms with van der Waals surface area (Å²) in [7, 11) is 0. The van der Waals surface area contributed by atoms with Crippen molar-refractivity contribution in [3.63, 3.8) is 0 Å². The number of nitrogens with zero attached hydrogens (tertiary/aromatic N) is 2. The lowest BCUT2D eigenvalue weighted by Crippen LogP contribution is -2.29. The zero-order valence-electron chi connectivity index (χ0n) is 7.62. The summed E-state index contributed by atoms with van der Waals surface area (Å²) in [6.07, 6.45) is -2.89. The van der Waals surface area contributed by atoms with Crippen molar-refractivity contribution in [2.75, 3.05) is 0 Å². The highest BCUT2D eigenvalue weighted by atomic mass is 19.4. The Bertz CT molecular complexity index is 411. The van der Waals surface area contributed by atoms with Gasteiger partial charge in [0.25, 0.3) is 0 Å². The van der Waals surface area contributed by atoms with Gasteiger partial charge in [0.1, 0.15) is 0 Å². The van der Waals surface area contributed by atoms with E-state index >= 15 is 0 Å². The minimum atomic E-state index is -4.46. The Morgan fingerprint density at radius 2 is 1.67 bits per heavy atom. The fourth-order valence-corrected chi connectivity index (χ4v) is 1.29. The van der Waals surface area contributed by atoms with E-state index in [0.29, 0.717) is 0 Å². The summed E-state index contributed by atoms with van der Waals surface area (Å²) < 4.78 is 37.7. The fourth-order valence-electron chi connectivity index (χ4n) is 1.29. The van der Waals surface area contributed by atoms with Crippen LogP contribution < -0.4 is 0 Å². The maximum atomic E-state index is 12.6. The molecule has 0 N–H and O–H groups in total. The molecule has 0 fully saturated rings. The molecule has 0 amide bonds. The standard InChI is InChI=1S/C10H7F3N2/c1-2-7-3-5-8(6-4-7)9(14-15-9)10(11,12)13/h2-6H,1H2. The van der Waals surface area contributed by atoms with E-state index in [4.69, 9.17) is 0 Å². The molecule has 1 heterocycles. The van der Waals surface area contributed by atoms with Crippen LogP contribution in [0.1, 0.15) is 11.1 Å². The van der Waals surface area contributed by atoms with Crippen LogP contribution in [0.3, 0.4) is 0 Å². The van der Waals surface area contributed by atoms with Gasteiger partial charge in [0, 0.05) is 5.56 Å². The van der Waals surface area contributed by atoms with E-state index in [1.54, 1.807) is 18.2 Å². The molecule has 78 valence electrons. The van der Waals surface area contributed by atoms with Crippen molar-refractivity contribution in [2.24, 2.45) is 10.2 Å². The normalized spacial score (nSPS) is 17.5. The van der Waals surface area contributed by atoms with Gasteiger partial charge >= 0.3 is 11.8 Å². The molecule has 0 saturated carbocycles. The van der Waals surface area contributed by atoms with E-state index in [1.165, 1.54) is 12.1 Å². The molecule has 0 radical (unpaired) electrons. The van der Waals surface area contributed by atoms with Crippen LogP contribution in [-0.4, -0.2) is 6.18 Å². The highest BCUT2D eigenvalue weighted by Gasteiger charge is 2.65. The van der Waals surface area contributed by atoms with Gasteiger partial charge in [0.15, 0.2) is 0 Å². The zero-order chi connectivity index (χ0) is 11.1. The quantitative estimate of drug-likeness (QED) is 0.716. The molecule has 1 aromatic carbocycles. The lowest BCUT2D eigenvalue weighted by atomic mass is 10.0. The average molecular weight is 212 g/mol. The van der Waals surface area contributed by atoms with Crippen LogP contribution in [0.25, 0.3) is 6.08 Å². The van der Waals surface area contributed by atoms with E-state index in [2.05, 4.69) is 16.8 Å². The Labute approximate surface area is 84.1 Å². The highest BCUT2D eigenvalue weighted by Crippen LogP contribution is 2.52. The summed E-state index contributed by atoms with van der Waals surface area (Å²) in [5, 5.41) is 6.21. The first kappa shape index (κ1) is 9.89. The summed E-state index contributed by atoms with van der Waals surface area (Å²) in [5.41, 5.74) is -1.51. The molecule has 2 rings (SSSR count). The van der Waals surface area contributed by atoms with E-state index < -0.39 is 11.8 Å². The van der Waals surface area contributed by atoms with Gasteiger partial charge in [0.2, 0.25) is 0 Å². The van der Waals surface area contributed by atoms with Crippen molar-refractivity contribution in [1.29, 1.82) is 0 Å². The Kier molecular flexibility index (Phi) is 1.92. The minimum Gasteiger partial charge on any atom is -0.166 e. The molecule has 1 aromatic rings. The smallest absolute Gasteiger partial charge is 0.166 e. The van der Waals surface area contributed by atoms with Gasteiger partial charge in [-0.1, -0.05) is 36.9 Å². The molecule has 0 aromatic heterocycles. The van der Waals surface area contributed by atoms with Crippen molar-refractivity contribution in [3.8, 4) is 0 Å². The largest absolute Gasteiger partial charge is 0.442 e. The SMILES string of the molecule is C=Cc1ccc(C2(C(F)(F)F)N=N2)cc1. The predicted octanol–water partition coefficient (Wildman–Crippen LogP) is 3.51. The lowest BCUT2D eigenvalue weighted by Gasteiger charge is -2.14. The third-order valence-corrected chi connectivity index (χ3v) is 2.24. The van der Waals surface area contributed by atoms with Gasteiger partial charge in [-0.05, 0) is 5.56 Å². The number of alkyl halides is 3. The molecule has 1 aliphatic heterocycles. The van der Waals surface area contributed by atoms with Crippen molar-refractivity contribution in [1.82, 2.24) is 0 Å². The molecule has 0 unspecified atom stereocenters. The second kappa shape index (κ2) is 2.92. The van der Waals surface area contributed by atoms with Crippen molar-refractivity contribution in [3.05, 3.63) is 42.0 Å². The molecular weight excluding hydrogens is 205 g/mol. The summed E-state index contributed by atoms with van der Waals surface area (Å²) in [6, 6.07) is 5.84. The van der Waals surface area contributed by atoms with Gasteiger partial charge in [-0.2, -0.15) is 13.2 Å². The maximum absolute atomic E-state index is 12.6. The molecule has 0 bridgehead atoms. The molecule has 5 heteroatoms. The van der Waals surface area contributed by atoms with Gasteiger partial charge in [-0.15, -0.1) is 10.2 Å². The third-order valence-electron chi connectivity index (χ3n) is 2.24. The Hall–Kier alpha value is -1.65. The number of halogens is 3. The van der Waals surface area contributed by atoms with Gasteiger partial charge in [0.05, 0.1) is 0 Å². The summed E-state index contributed by atoms with van der Waals surface area (Å²) in [5.74, 6) is 0. The lowest BCUT2D eigenvalue weighted by molar-refractivity contribution is -0.166. The first-order chi connectivity index (χ1) is 6.99.